The molecule has 78 valence electrons. The summed E-state index contributed by atoms with van der Waals surface area (Å²) in [6.45, 7) is 4.00. The smallest absolute Gasteiger partial charge is 0.273 e. The third-order valence-electron chi connectivity index (χ3n) is 1.52. The van der Waals surface area contributed by atoms with E-state index < -0.39 is 21.2 Å². The molecule has 0 saturated heterocycles. The van der Waals surface area contributed by atoms with Gasteiger partial charge in [0.15, 0.2) is 0 Å². The minimum absolute atomic E-state index is 0.410. The Morgan fingerprint density at radius 2 is 1.77 bits per heavy atom. The summed E-state index contributed by atoms with van der Waals surface area (Å²) in [7, 11) is -2.32. The summed E-state index contributed by atoms with van der Waals surface area (Å²) in [6, 6.07) is 0. The number of hydrogen-bond acceptors (Lipinski definition) is 3. The van der Waals surface area contributed by atoms with Crippen molar-refractivity contribution in [3.05, 3.63) is 0 Å². The van der Waals surface area contributed by atoms with Gasteiger partial charge in [0.2, 0.25) is 0 Å². The third-order valence-corrected chi connectivity index (χ3v) is 2.12. The monoisotopic (exact) mass is 206 g/mol. The molecule has 2 N–H and O–H groups in total. The van der Waals surface area contributed by atoms with Crippen molar-refractivity contribution < 1.29 is 9.00 Å². The van der Waals surface area contributed by atoms with Gasteiger partial charge in [-0.05, 0) is 12.8 Å². The van der Waals surface area contributed by atoms with Crippen molar-refractivity contribution in [2.75, 3.05) is 12.5 Å². The van der Waals surface area contributed by atoms with Gasteiger partial charge >= 0.3 is 0 Å². The van der Waals surface area contributed by atoms with E-state index in [9.17, 15) is 9.00 Å². The van der Waals surface area contributed by atoms with Gasteiger partial charge in [0, 0.05) is 22.2 Å². The lowest BCUT2D eigenvalue weighted by Crippen LogP contribution is -2.31. The molecular formula is C8H18N2O2S. The van der Waals surface area contributed by atoms with Crippen LogP contribution in [-0.4, -0.2) is 28.2 Å². The van der Waals surface area contributed by atoms with Gasteiger partial charge in [-0.25, -0.2) is 4.21 Å². The van der Waals surface area contributed by atoms with Crippen molar-refractivity contribution in [1.82, 2.24) is 0 Å². The number of hydrogen-bond donors (Lipinski definition) is 1. The van der Waals surface area contributed by atoms with Crippen LogP contribution in [0, 0.1) is 0 Å². The second-order valence-electron chi connectivity index (χ2n) is 3.23. The van der Waals surface area contributed by atoms with Crippen LogP contribution in [0.3, 0.4) is 0 Å². The van der Waals surface area contributed by atoms with Crippen LogP contribution in [0.4, 0.5) is 0 Å². The molecule has 0 aromatic rings. The number of amides is 1. The molecule has 0 bridgehead atoms. The Hall–Kier alpha value is -0.420. The molecule has 0 atom stereocenters. The van der Waals surface area contributed by atoms with Gasteiger partial charge in [-0.2, -0.15) is 4.36 Å². The Bertz CT molecular complexity index is 291. The lowest BCUT2D eigenvalue weighted by Gasteiger charge is -2.01. The largest absolute Gasteiger partial charge is 0.317 e. The highest BCUT2D eigenvalue weighted by molar-refractivity contribution is 7.92. The second kappa shape index (κ2) is 4.19. The zero-order chi connectivity index (χ0) is 10.7. The first-order valence-corrected chi connectivity index (χ1v) is 6.67. The van der Waals surface area contributed by atoms with Crippen LogP contribution in [-0.2, 0) is 14.5 Å². The Morgan fingerprint density at radius 1 is 1.38 bits per heavy atom. The van der Waals surface area contributed by atoms with Crippen molar-refractivity contribution in [2.45, 2.75) is 32.2 Å². The summed E-state index contributed by atoms with van der Waals surface area (Å²) in [6.07, 6.45) is 4.20. The summed E-state index contributed by atoms with van der Waals surface area (Å²) in [5, 5.41) is 0. The average molecular weight is 206 g/mol. The minimum atomic E-state index is -2.32. The van der Waals surface area contributed by atoms with Crippen molar-refractivity contribution in [1.29, 1.82) is 0 Å². The first-order chi connectivity index (χ1) is 5.83. The average Bonchev–Trinajstić information content (AvgIpc) is 2.70. The van der Waals surface area contributed by atoms with Gasteiger partial charge in [-0.3, -0.25) is 4.79 Å². The predicted molar refractivity (Wildman–Crippen MR) is 54.9 cm³/mol. The molecule has 1 fully saturated rings. The molecular weight excluding hydrogens is 188 g/mol. The Labute approximate surface area is 80.1 Å². The van der Waals surface area contributed by atoms with Crippen LogP contribution in [0.5, 0.6) is 0 Å². The number of nitrogens with zero attached hydrogens (tertiary/aromatic N) is 1. The molecule has 1 saturated carbocycles. The molecule has 0 spiro atoms. The molecule has 0 radical (unpaired) electrons. The first-order valence-electron chi connectivity index (χ1n) is 4.34. The van der Waals surface area contributed by atoms with Crippen molar-refractivity contribution >= 4 is 15.6 Å². The number of carbonyl (C=O) groups is 1. The summed E-state index contributed by atoms with van der Waals surface area (Å²) in [5.74, 6) is -0.410. The standard InChI is InChI=1S/C6H12N2O2S.C2H6/c1-11(2,10)8-5(9)6(7)3-4-6;1-2/h3-4,7H2,1-2H3;1-2H3. The van der Waals surface area contributed by atoms with Gasteiger partial charge in [-0.15, -0.1) is 0 Å². The first kappa shape index (κ1) is 12.6. The molecule has 1 amide bonds. The second-order valence-corrected chi connectivity index (χ2v) is 5.78. The van der Waals surface area contributed by atoms with Gasteiger partial charge in [-0.1, -0.05) is 13.8 Å². The van der Waals surface area contributed by atoms with Crippen LogP contribution in [0.2, 0.25) is 0 Å². The Balaban J connectivity index is 0.000000671. The van der Waals surface area contributed by atoms with E-state index in [4.69, 9.17) is 5.73 Å². The number of nitrogens with two attached hydrogens (primary N) is 1. The maximum Gasteiger partial charge on any atom is 0.273 e. The molecule has 5 heteroatoms. The van der Waals surface area contributed by atoms with Gasteiger partial charge in [0.25, 0.3) is 5.91 Å². The Kier molecular flexibility index (Phi) is 4.06. The lowest BCUT2D eigenvalue weighted by atomic mass is 10.3. The highest BCUT2D eigenvalue weighted by Gasteiger charge is 2.46. The van der Waals surface area contributed by atoms with Gasteiger partial charge in [0.05, 0.1) is 5.54 Å². The molecule has 4 nitrogen and oxygen atoms in total. The molecule has 1 rings (SSSR count). The summed E-state index contributed by atoms with van der Waals surface area (Å²) in [5.41, 5.74) is 4.76. The summed E-state index contributed by atoms with van der Waals surface area (Å²) in [4.78, 5) is 11.1. The van der Waals surface area contributed by atoms with Crippen LogP contribution in [0.15, 0.2) is 4.36 Å². The lowest BCUT2D eigenvalue weighted by molar-refractivity contribution is -0.119. The quantitative estimate of drug-likeness (QED) is 0.688. The maximum absolute atomic E-state index is 11.1. The third kappa shape index (κ3) is 4.38. The zero-order valence-corrected chi connectivity index (χ0v) is 9.48. The van der Waals surface area contributed by atoms with E-state index in [2.05, 4.69) is 4.36 Å². The van der Waals surface area contributed by atoms with E-state index in [1.165, 1.54) is 12.5 Å². The normalized spacial score (nSPS) is 18.2. The molecule has 1 aliphatic rings. The topological polar surface area (TPSA) is 72.5 Å². The highest BCUT2D eigenvalue weighted by atomic mass is 32.2. The summed E-state index contributed by atoms with van der Waals surface area (Å²) < 4.78 is 14.5. The van der Waals surface area contributed by atoms with Crippen molar-refractivity contribution in [2.24, 2.45) is 10.1 Å². The molecule has 0 aromatic heterocycles. The highest BCUT2D eigenvalue weighted by Crippen LogP contribution is 2.33. The van der Waals surface area contributed by atoms with Crippen molar-refractivity contribution in [3.8, 4) is 0 Å². The van der Waals surface area contributed by atoms with E-state index in [1.807, 2.05) is 13.8 Å². The van der Waals surface area contributed by atoms with Crippen LogP contribution < -0.4 is 5.73 Å². The van der Waals surface area contributed by atoms with Crippen LogP contribution in [0.1, 0.15) is 26.7 Å². The number of rotatable bonds is 1. The minimum Gasteiger partial charge on any atom is -0.317 e. The fourth-order valence-electron chi connectivity index (χ4n) is 0.639. The van der Waals surface area contributed by atoms with Crippen LogP contribution >= 0.6 is 0 Å². The van der Waals surface area contributed by atoms with Crippen LogP contribution in [0.25, 0.3) is 0 Å². The van der Waals surface area contributed by atoms with E-state index in [0.717, 1.165) is 0 Å². The van der Waals surface area contributed by atoms with E-state index in [-0.39, 0.29) is 0 Å². The summed E-state index contributed by atoms with van der Waals surface area (Å²) >= 11 is 0. The molecule has 1 aliphatic carbocycles. The molecule has 13 heavy (non-hydrogen) atoms. The van der Waals surface area contributed by atoms with E-state index >= 15 is 0 Å². The fraction of sp³-hybridized carbons (Fsp3) is 0.875. The van der Waals surface area contributed by atoms with E-state index in [1.54, 1.807) is 0 Å². The van der Waals surface area contributed by atoms with Gasteiger partial charge in [0.1, 0.15) is 0 Å². The molecule has 0 heterocycles. The fourth-order valence-corrected chi connectivity index (χ4v) is 1.22. The number of carbonyl (C=O) groups excluding carboxylic acids is 1. The van der Waals surface area contributed by atoms with Crippen molar-refractivity contribution in [3.63, 3.8) is 0 Å². The molecule has 0 aliphatic heterocycles. The Morgan fingerprint density at radius 3 is 2.00 bits per heavy atom. The SMILES string of the molecule is CC.CS(C)(=O)=NC(=O)C1(N)CC1. The molecule has 0 aromatic carbocycles. The molecule has 0 unspecified atom stereocenters. The van der Waals surface area contributed by atoms with Gasteiger partial charge < -0.3 is 5.73 Å². The zero-order valence-electron chi connectivity index (χ0n) is 8.66. The van der Waals surface area contributed by atoms with E-state index in [0.29, 0.717) is 12.8 Å². The maximum atomic E-state index is 11.1. The predicted octanol–water partition coefficient (Wildman–Crippen LogP) is 0.758.